The van der Waals surface area contributed by atoms with Gasteiger partial charge in [0.15, 0.2) is 11.5 Å². The molecule has 1 fully saturated rings. The van der Waals surface area contributed by atoms with Crippen molar-refractivity contribution in [2.75, 3.05) is 7.11 Å². The van der Waals surface area contributed by atoms with E-state index >= 15 is 0 Å². The molecule has 2 rings (SSSR count). The Kier molecular flexibility index (Phi) is 5.64. The first kappa shape index (κ1) is 16.9. The number of benzene rings is 1. The summed E-state index contributed by atoms with van der Waals surface area (Å²) in [5.74, 6) is 0.403. The fourth-order valence-corrected chi connectivity index (χ4v) is 2.88. The van der Waals surface area contributed by atoms with Crippen molar-refractivity contribution in [2.45, 2.75) is 38.6 Å². The van der Waals surface area contributed by atoms with Crippen molar-refractivity contribution in [1.29, 1.82) is 5.26 Å². The Morgan fingerprint density at radius 3 is 2.83 bits per heavy atom. The molecule has 2 N–H and O–H groups in total. The van der Waals surface area contributed by atoms with Gasteiger partial charge in [-0.15, -0.1) is 0 Å². The van der Waals surface area contributed by atoms with E-state index in [1.807, 2.05) is 6.07 Å². The second-order valence-electron chi connectivity index (χ2n) is 5.94. The molecule has 0 aromatic heterocycles. The fourth-order valence-electron chi connectivity index (χ4n) is 2.88. The third-order valence-corrected chi connectivity index (χ3v) is 4.31. The highest BCUT2D eigenvalue weighted by molar-refractivity contribution is 6.01. The van der Waals surface area contributed by atoms with E-state index in [0.717, 1.165) is 19.3 Å². The Labute approximate surface area is 136 Å². The average Bonchev–Trinajstić information content (AvgIpc) is 2.56. The molecule has 0 saturated heterocycles. The zero-order valence-electron chi connectivity index (χ0n) is 13.5. The molecule has 1 aliphatic carbocycles. The van der Waals surface area contributed by atoms with Crippen LogP contribution in [0, 0.1) is 17.2 Å². The monoisotopic (exact) mass is 314 g/mol. The number of nitriles is 1. The summed E-state index contributed by atoms with van der Waals surface area (Å²) in [4.78, 5) is 12.3. The highest BCUT2D eigenvalue weighted by atomic mass is 16.5. The molecule has 2 atom stereocenters. The predicted molar refractivity (Wildman–Crippen MR) is 87.8 cm³/mol. The Balaban J connectivity index is 2.15. The van der Waals surface area contributed by atoms with Crippen LogP contribution in [-0.4, -0.2) is 24.2 Å². The average molecular weight is 314 g/mol. The normalized spacial score (nSPS) is 21.3. The summed E-state index contributed by atoms with van der Waals surface area (Å²) in [6.07, 6.45) is 5.87. The minimum absolute atomic E-state index is 0.0173. The van der Waals surface area contributed by atoms with Gasteiger partial charge in [0.2, 0.25) is 0 Å². The molecule has 122 valence electrons. The minimum Gasteiger partial charge on any atom is -0.504 e. The molecule has 0 aliphatic heterocycles. The van der Waals surface area contributed by atoms with E-state index in [0.29, 0.717) is 17.2 Å². The second-order valence-corrected chi connectivity index (χ2v) is 5.94. The minimum atomic E-state index is -0.349. The number of methoxy groups -OCH3 is 1. The maximum absolute atomic E-state index is 12.3. The van der Waals surface area contributed by atoms with E-state index in [9.17, 15) is 15.2 Å². The number of amides is 1. The van der Waals surface area contributed by atoms with Gasteiger partial charge in [-0.3, -0.25) is 4.79 Å². The van der Waals surface area contributed by atoms with Gasteiger partial charge in [0.1, 0.15) is 11.6 Å². The van der Waals surface area contributed by atoms with Crippen LogP contribution in [0.15, 0.2) is 23.8 Å². The lowest BCUT2D eigenvalue weighted by Crippen LogP contribution is -2.41. The zero-order chi connectivity index (χ0) is 16.8. The van der Waals surface area contributed by atoms with Crippen molar-refractivity contribution in [1.82, 2.24) is 5.32 Å². The van der Waals surface area contributed by atoms with Crippen molar-refractivity contribution >= 4 is 12.0 Å². The summed E-state index contributed by atoms with van der Waals surface area (Å²) in [5.41, 5.74) is 0.679. The van der Waals surface area contributed by atoms with Gasteiger partial charge in [0.25, 0.3) is 5.91 Å². The Hall–Kier alpha value is -2.48. The molecule has 1 aromatic carbocycles. The van der Waals surface area contributed by atoms with E-state index in [-0.39, 0.29) is 23.3 Å². The van der Waals surface area contributed by atoms with Crippen molar-refractivity contribution in [2.24, 2.45) is 5.92 Å². The molecular weight excluding hydrogens is 292 g/mol. The van der Waals surface area contributed by atoms with E-state index < -0.39 is 0 Å². The maximum atomic E-state index is 12.3. The van der Waals surface area contributed by atoms with Gasteiger partial charge in [-0.2, -0.15) is 5.26 Å². The third kappa shape index (κ3) is 4.26. The Morgan fingerprint density at radius 1 is 1.43 bits per heavy atom. The van der Waals surface area contributed by atoms with Gasteiger partial charge in [0, 0.05) is 6.04 Å². The van der Waals surface area contributed by atoms with Crippen LogP contribution in [0.5, 0.6) is 11.5 Å². The van der Waals surface area contributed by atoms with Crippen molar-refractivity contribution < 1.29 is 14.6 Å². The second kappa shape index (κ2) is 7.68. The summed E-state index contributed by atoms with van der Waals surface area (Å²) in [5, 5.41) is 21.8. The number of nitrogens with zero attached hydrogens (tertiary/aromatic N) is 1. The Bertz CT molecular complexity index is 646. The molecular formula is C18H22N2O3. The molecule has 1 aliphatic rings. The smallest absolute Gasteiger partial charge is 0.262 e. The Morgan fingerprint density at radius 2 is 2.17 bits per heavy atom. The van der Waals surface area contributed by atoms with E-state index in [1.54, 1.807) is 12.1 Å². The van der Waals surface area contributed by atoms with Gasteiger partial charge < -0.3 is 15.2 Å². The molecule has 0 bridgehead atoms. The van der Waals surface area contributed by atoms with Crippen molar-refractivity contribution in [3.63, 3.8) is 0 Å². The summed E-state index contributed by atoms with van der Waals surface area (Å²) >= 11 is 0. The largest absolute Gasteiger partial charge is 0.504 e. The first-order chi connectivity index (χ1) is 11.0. The fraction of sp³-hybridized carbons (Fsp3) is 0.444. The maximum Gasteiger partial charge on any atom is 0.262 e. The van der Waals surface area contributed by atoms with Crippen LogP contribution >= 0.6 is 0 Å². The first-order valence-electron chi connectivity index (χ1n) is 7.84. The van der Waals surface area contributed by atoms with Crippen molar-refractivity contribution in [3.8, 4) is 17.6 Å². The number of aromatic hydroxyl groups is 1. The van der Waals surface area contributed by atoms with E-state index in [1.165, 1.54) is 25.7 Å². The number of carbonyl (C=O) groups is 1. The summed E-state index contributed by atoms with van der Waals surface area (Å²) in [7, 11) is 1.45. The number of ether oxygens (including phenoxy) is 1. The molecule has 5 nitrogen and oxygen atoms in total. The number of rotatable bonds is 4. The molecule has 1 amide bonds. The van der Waals surface area contributed by atoms with Crippen LogP contribution in [0.25, 0.3) is 6.08 Å². The van der Waals surface area contributed by atoms with Gasteiger partial charge >= 0.3 is 0 Å². The van der Waals surface area contributed by atoms with Gasteiger partial charge in [-0.05, 0) is 42.5 Å². The molecule has 0 radical (unpaired) electrons. The number of hydrogen-bond acceptors (Lipinski definition) is 4. The summed E-state index contributed by atoms with van der Waals surface area (Å²) in [6.45, 7) is 2.13. The molecule has 1 aromatic rings. The quantitative estimate of drug-likeness (QED) is 0.661. The van der Waals surface area contributed by atoms with E-state index in [4.69, 9.17) is 4.74 Å². The lowest BCUT2D eigenvalue weighted by molar-refractivity contribution is -0.118. The standard InChI is InChI=1S/C18H22N2O3/c1-12-5-3-4-6-15(12)20-18(22)14(11-19)9-13-7-8-16(21)17(10-13)23-2/h7-10,12,15,21H,3-6H2,1-2H3,(H,20,22)/b14-9+. The summed E-state index contributed by atoms with van der Waals surface area (Å²) < 4.78 is 5.03. The van der Waals surface area contributed by atoms with Crippen LogP contribution < -0.4 is 10.1 Å². The van der Waals surface area contributed by atoms with Crippen LogP contribution in [0.1, 0.15) is 38.2 Å². The lowest BCUT2D eigenvalue weighted by Gasteiger charge is -2.29. The molecule has 0 heterocycles. The number of carbonyl (C=O) groups excluding carboxylic acids is 1. The highest BCUT2D eigenvalue weighted by Crippen LogP contribution is 2.27. The molecule has 23 heavy (non-hydrogen) atoms. The van der Waals surface area contributed by atoms with Crippen LogP contribution in [0.2, 0.25) is 0 Å². The summed E-state index contributed by atoms with van der Waals surface area (Å²) in [6, 6.07) is 6.77. The molecule has 1 saturated carbocycles. The highest BCUT2D eigenvalue weighted by Gasteiger charge is 2.24. The van der Waals surface area contributed by atoms with Crippen LogP contribution in [0.3, 0.4) is 0 Å². The first-order valence-corrected chi connectivity index (χ1v) is 7.84. The van der Waals surface area contributed by atoms with Gasteiger partial charge in [-0.25, -0.2) is 0 Å². The van der Waals surface area contributed by atoms with Gasteiger partial charge in [-0.1, -0.05) is 25.8 Å². The molecule has 2 unspecified atom stereocenters. The third-order valence-electron chi connectivity index (χ3n) is 4.31. The zero-order valence-corrected chi connectivity index (χ0v) is 13.5. The lowest BCUT2D eigenvalue weighted by atomic mass is 9.86. The predicted octanol–water partition coefficient (Wildman–Crippen LogP) is 3.00. The number of phenolic OH excluding ortho intramolecular Hbond substituents is 1. The molecule has 5 heteroatoms. The number of nitrogens with one attached hydrogen (secondary N) is 1. The number of hydrogen-bond donors (Lipinski definition) is 2. The number of phenols is 1. The van der Waals surface area contributed by atoms with E-state index in [2.05, 4.69) is 12.2 Å². The van der Waals surface area contributed by atoms with Crippen molar-refractivity contribution in [3.05, 3.63) is 29.3 Å². The van der Waals surface area contributed by atoms with Crippen LogP contribution in [-0.2, 0) is 4.79 Å². The topological polar surface area (TPSA) is 82.3 Å². The SMILES string of the molecule is COc1cc(/C=C(\C#N)C(=O)NC2CCCCC2C)ccc1O. The van der Waals surface area contributed by atoms with Gasteiger partial charge in [0.05, 0.1) is 7.11 Å². The molecule has 0 spiro atoms. The van der Waals surface area contributed by atoms with Crippen LogP contribution in [0.4, 0.5) is 0 Å².